The Balaban J connectivity index is 1.07. The molecule has 0 saturated carbocycles. The van der Waals surface area contributed by atoms with E-state index in [9.17, 15) is 0 Å². The number of nitrogen functional groups attached to an aromatic ring is 1. The Hall–Kier alpha value is -3.50. The van der Waals surface area contributed by atoms with Gasteiger partial charge in [0.25, 0.3) is 0 Å². The van der Waals surface area contributed by atoms with Crippen LogP contribution < -0.4 is 20.3 Å². The maximum absolute atomic E-state index is 6.56. The quantitative estimate of drug-likeness (QED) is 0.277. The van der Waals surface area contributed by atoms with Gasteiger partial charge < -0.3 is 29.7 Å². The predicted molar refractivity (Wildman–Crippen MR) is 161 cm³/mol. The fraction of sp³-hybridized carbons (Fsp3) is 0.333. The second-order valence-electron chi connectivity index (χ2n) is 10.4. The number of piperazine rings is 1. The third-order valence-electron chi connectivity index (χ3n) is 7.53. The van der Waals surface area contributed by atoms with Gasteiger partial charge in [0.15, 0.2) is 0 Å². The average molecular weight is 596 g/mol. The van der Waals surface area contributed by atoms with Gasteiger partial charge in [0.05, 0.1) is 11.6 Å². The van der Waals surface area contributed by atoms with Gasteiger partial charge >= 0.3 is 0 Å². The molecule has 2 aliphatic rings. The van der Waals surface area contributed by atoms with E-state index in [0.717, 1.165) is 31.1 Å². The lowest BCUT2D eigenvalue weighted by molar-refractivity contribution is -0.190. The first-order chi connectivity index (χ1) is 19.9. The van der Waals surface area contributed by atoms with Crippen molar-refractivity contribution in [3.05, 3.63) is 95.0 Å². The summed E-state index contributed by atoms with van der Waals surface area (Å²) in [4.78, 5) is 8.87. The van der Waals surface area contributed by atoms with Crippen molar-refractivity contribution in [3.63, 3.8) is 0 Å². The lowest BCUT2D eigenvalue weighted by Gasteiger charge is -2.42. The Labute approximate surface area is 249 Å². The van der Waals surface area contributed by atoms with E-state index in [1.54, 1.807) is 23.1 Å². The molecule has 4 aromatic rings. The van der Waals surface area contributed by atoms with E-state index >= 15 is 0 Å². The zero-order chi connectivity index (χ0) is 28.4. The minimum absolute atomic E-state index is 0.281. The molecule has 214 valence electrons. The molecule has 0 aliphatic carbocycles. The normalized spacial score (nSPS) is 22.7. The van der Waals surface area contributed by atoms with Crippen molar-refractivity contribution in [1.82, 2.24) is 14.8 Å². The van der Waals surface area contributed by atoms with Gasteiger partial charge in [0.2, 0.25) is 5.79 Å². The maximum Gasteiger partial charge on any atom is 0.217 e. The molecule has 3 atom stereocenters. The molecular formula is C30H32Cl2N6O3. The summed E-state index contributed by atoms with van der Waals surface area (Å²) >= 11 is 12.7. The number of hydrogen-bond acceptors (Lipinski definition) is 8. The summed E-state index contributed by atoms with van der Waals surface area (Å²) in [7, 11) is 0. The number of ether oxygens (including phenoxy) is 3. The van der Waals surface area contributed by atoms with Crippen LogP contribution >= 0.6 is 23.2 Å². The highest BCUT2D eigenvalue weighted by Crippen LogP contribution is 2.40. The molecule has 3 unspecified atom stereocenters. The SMILES string of the molecule is CC1CN(c2ccc(N)cc2)CCN1c1ccc(OCC2COC(Cn3cncn3)(c3ccc(Cl)cc3Cl)O2)cc1. The van der Waals surface area contributed by atoms with Crippen molar-refractivity contribution in [1.29, 1.82) is 0 Å². The Morgan fingerprint density at radius 2 is 1.80 bits per heavy atom. The highest BCUT2D eigenvalue weighted by molar-refractivity contribution is 6.35. The summed E-state index contributed by atoms with van der Waals surface area (Å²) in [5, 5.41) is 5.22. The Morgan fingerprint density at radius 3 is 2.51 bits per heavy atom. The lowest BCUT2D eigenvalue weighted by atomic mass is 10.1. The zero-order valence-electron chi connectivity index (χ0n) is 22.7. The monoisotopic (exact) mass is 594 g/mol. The van der Waals surface area contributed by atoms with Crippen LogP contribution in [0.1, 0.15) is 12.5 Å². The Bertz CT molecular complexity index is 1450. The van der Waals surface area contributed by atoms with Gasteiger partial charge in [-0.2, -0.15) is 5.10 Å². The van der Waals surface area contributed by atoms with Crippen molar-refractivity contribution in [3.8, 4) is 5.75 Å². The van der Waals surface area contributed by atoms with Crippen LogP contribution in [-0.4, -0.2) is 59.8 Å². The minimum Gasteiger partial charge on any atom is -0.491 e. The van der Waals surface area contributed by atoms with Gasteiger partial charge in [0.1, 0.15) is 37.7 Å². The van der Waals surface area contributed by atoms with Crippen molar-refractivity contribution < 1.29 is 14.2 Å². The molecule has 2 N–H and O–H groups in total. The molecule has 2 saturated heterocycles. The van der Waals surface area contributed by atoms with E-state index in [1.807, 2.05) is 30.3 Å². The standard InChI is InChI=1S/C30H32Cl2N6O3/c1-21-15-36(24-5-3-23(33)4-6-24)12-13-38(21)25-7-9-26(10-8-25)39-16-27-17-40-30(41-27,18-37-20-34-19-35-37)28-11-2-22(31)14-29(28)32/h2-11,14,19-21,27H,12-13,15-18,33H2,1H3. The predicted octanol–water partition coefficient (Wildman–Crippen LogP) is 5.23. The molecule has 2 fully saturated rings. The molecule has 0 radical (unpaired) electrons. The third kappa shape index (κ3) is 6.08. The van der Waals surface area contributed by atoms with Crippen LogP contribution in [0.3, 0.4) is 0 Å². The van der Waals surface area contributed by atoms with Gasteiger partial charge in [-0.3, -0.25) is 0 Å². The number of hydrogen-bond donors (Lipinski definition) is 1. The molecule has 1 aromatic heterocycles. The van der Waals surface area contributed by atoms with Crippen LogP contribution in [0.25, 0.3) is 0 Å². The number of rotatable bonds is 8. The smallest absolute Gasteiger partial charge is 0.217 e. The van der Waals surface area contributed by atoms with Gasteiger partial charge in [-0.15, -0.1) is 0 Å². The topological polar surface area (TPSA) is 90.9 Å². The van der Waals surface area contributed by atoms with Crippen LogP contribution in [0.15, 0.2) is 79.4 Å². The van der Waals surface area contributed by atoms with Crippen LogP contribution in [0.2, 0.25) is 10.0 Å². The first-order valence-electron chi connectivity index (χ1n) is 13.6. The van der Waals surface area contributed by atoms with E-state index < -0.39 is 5.79 Å². The molecule has 3 heterocycles. The van der Waals surface area contributed by atoms with Crippen molar-refractivity contribution >= 4 is 40.3 Å². The van der Waals surface area contributed by atoms with E-state index in [0.29, 0.717) is 34.9 Å². The molecular weight excluding hydrogens is 563 g/mol. The van der Waals surface area contributed by atoms with Crippen LogP contribution in [0, 0.1) is 0 Å². The van der Waals surface area contributed by atoms with Crippen LogP contribution in [0.4, 0.5) is 17.1 Å². The van der Waals surface area contributed by atoms with E-state index in [2.05, 4.69) is 51.1 Å². The van der Waals surface area contributed by atoms with Crippen molar-refractivity contribution in [2.75, 3.05) is 48.4 Å². The fourth-order valence-electron chi connectivity index (χ4n) is 5.47. The molecule has 2 aliphatic heterocycles. The summed E-state index contributed by atoms with van der Waals surface area (Å²) < 4.78 is 20.5. The van der Waals surface area contributed by atoms with Crippen LogP contribution in [0.5, 0.6) is 5.75 Å². The van der Waals surface area contributed by atoms with Gasteiger partial charge in [-0.1, -0.05) is 29.3 Å². The number of halogens is 2. The first-order valence-corrected chi connectivity index (χ1v) is 14.3. The van der Waals surface area contributed by atoms with E-state index in [1.165, 1.54) is 17.7 Å². The van der Waals surface area contributed by atoms with Crippen molar-refractivity contribution in [2.45, 2.75) is 31.4 Å². The number of nitrogens with zero attached hydrogens (tertiary/aromatic N) is 5. The average Bonchev–Trinajstić information content (AvgIpc) is 3.63. The highest BCUT2D eigenvalue weighted by Gasteiger charge is 2.45. The van der Waals surface area contributed by atoms with Crippen LogP contribution in [-0.2, 0) is 21.8 Å². The van der Waals surface area contributed by atoms with Crippen molar-refractivity contribution in [2.24, 2.45) is 0 Å². The first kappa shape index (κ1) is 27.7. The summed E-state index contributed by atoms with van der Waals surface area (Å²) in [5.41, 5.74) is 9.70. The number of nitrogens with two attached hydrogens (primary N) is 1. The molecule has 6 rings (SSSR count). The van der Waals surface area contributed by atoms with E-state index in [-0.39, 0.29) is 12.6 Å². The fourth-order valence-corrected chi connectivity index (χ4v) is 6.02. The summed E-state index contributed by atoms with van der Waals surface area (Å²) in [6, 6.07) is 21.9. The molecule has 11 heteroatoms. The summed E-state index contributed by atoms with van der Waals surface area (Å²) in [6.07, 6.45) is 2.77. The maximum atomic E-state index is 6.56. The molecule has 9 nitrogen and oxygen atoms in total. The number of aromatic nitrogens is 3. The largest absolute Gasteiger partial charge is 0.491 e. The molecule has 0 amide bonds. The summed E-state index contributed by atoms with van der Waals surface area (Å²) in [6.45, 7) is 6.00. The Kier molecular flexibility index (Phi) is 7.94. The molecule has 3 aromatic carbocycles. The van der Waals surface area contributed by atoms with Gasteiger partial charge in [0, 0.05) is 53.3 Å². The highest BCUT2D eigenvalue weighted by atomic mass is 35.5. The second kappa shape index (κ2) is 11.8. The molecule has 0 spiro atoms. The van der Waals surface area contributed by atoms with Gasteiger partial charge in [-0.25, -0.2) is 9.67 Å². The second-order valence-corrected chi connectivity index (χ2v) is 11.2. The number of benzene rings is 3. The molecule has 0 bridgehead atoms. The van der Waals surface area contributed by atoms with Gasteiger partial charge in [-0.05, 0) is 67.6 Å². The lowest BCUT2D eigenvalue weighted by Crippen LogP contribution is -2.52. The summed E-state index contributed by atoms with van der Waals surface area (Å²) in [5.74, 6) is -0.374. The zero-order valence-corrected chi connectivity index (χ0v) is 24.2. The molecule has 41 heavy (non-hydrogen) atoms. The third-order valence-corrected chi connectivity index (χ3v) is 8.08. The number of anilines is 3. The minimum atomic E-state index is -1.14. The van der Waals surface area contributed by atoms with E-state index in [4.69, 9.17) is 43.1 Å². The Morgan fingerprint density at radius 1 is 1.02 bits per heavy atom.